The van der Waals surface area contributed by atoms with Crippen molar-refractivity contribution in [3.05, 3.63) is 52.1 Å². The van der Waals surface area contributed by atoms with Gasteiger partial charge in [-0.05, 0) is 31.2 Å². The van der Waals surface area contributed by atoms with Crippen LogP contribution in [0.1, 0.15) is 17.3 Å². The fourth-order valence-electron chi connectivity index (χ4n) is 2.41. The Hall–Kier alpha value is -3.82. The van der Waals surface area contributed by atoms with Gasteiger partial charge in [-0.1, -0.05) is 0 Å². The van der Waals surface area contributed by atoms with E-state index in [4.69, 9.17) is 14.2 Å². The van der Waals surface area contributed by atoms with E-state index in [0.29, 0.717) is 17.2 Å². The van der Waals surface area contributed by atoms with Gasteiger partial charge in [0, 0.05) is 17.8 Å². The van der Waals surface area contributed by atoms with Gasteiger partial charge in [-0.3, -0.25) is 14.9 Å². The molecule has 0 aliphatic heterocycles. The minimum absolute atomic E-state index is 0.00557. The molecular formula is C19H20N2O8. The first kappa shape index (κ1) is 21.5. The Morgan fingerprint density at radius 2 is 1.66 bits per heavy atom. The Labute approximate surface area is 166 Å². The summed E-state index contributed by atoms with van der Waals surface area (Å²) in [5.74, 6) is -0.496. The number of benzene rings is 2. The van der Waals surface area contributed by atoms with Crippen LogP contribution in [0.4, 0.5) is 11.4 Å². The fourth-order valence-corrected chi connectivity index (χ4v) is 2.41. The minimum atomic E-state index is -1.06. The van der Waals surface area contributed by atoms with Crippen molar-refractivity contribution in [3.8, 4) is 17.2 Å². The summed E-state index contributed by atoms with van der Waals surface area (Å²) >= 11 is 0. The van der Waals surface area contributed by atoms with E-state index < -0.39 is 28.6 Å². The fraction of sp³-hybridized carbons (Fsp3) is 0.263. The Kier molecular flexibility index (Phi) is 6.96. The number of hydrogen-bond acceptors (Lipinski definition) is 8. The van der Waals surface area contributed by atoms with E-state index in [1.54, 1.807) is 18.2 Å². The van der Waals surface area contributed by atoms with Crippen LogP contribution in [0.3, 0.4) is 0 Å². The number of hydrogen-bond donors (Lipinski definition) is 1. The van der Waals surface area contributed by atoms with Crippen LogP contribution in [0.15, 0.2) is 36.4 Å². The second-order valence-corrected chi connectivity index (χ2v) is 5.75. The predicted molar refractivity (Wildman–Crippen MR) is 103 cm³/mol. The number of nitrogens with one attached hydrogen (secondary N) is 1. The largest absolute Gasteiger partial charge is 0.493 e. The van der Waals surface area contributed by atoms with Crippen LogP contribution in [-0.4, -0.2) is 44.2 Å². The predicted octanol–water partition coefficient (Wildman–Crippen LogP) is 2.80. The summed E-state index contributed by atoms with van der Waals surface area (Å²) in [6.45, 7) is 1.44. The third-order valence-electron chi connectivity index (χ3n) is 3.90. The monoisotopic (exact) mass is 404 g/mol. The number of amides is 1. The van der Waals surface area contributed by atoms with Crippen molar-refractivity contribution in [1.82, 2.24) is 0 Å². The number of methoxy groups -OCH3 is 3. The summed E-state index contributed by atoms with van der Waals surface area (Å²) in [4.78, 5) is 34.6. The Morgan fingerprint density at radius 3 is 2.24 bits per heavy atom. The molecule has 0 bridgehead atoms. The number of ether oxygens (including phenoxy) is 4. The highest BCUT2D eigenvalue weighted by Gasteiger charge is 2.23. The third-order valence-corrected chi connectivity index (χ3v) is 3.90. The lowest BCUT2D eigenvalue weighted by molar-refractivity contribution is -0.386. The van der Waals surface area contributed by atoms with Gasteiger partial charge in [0.05, 0.1) is 31.8 Å². The van der Waals surface area contributed by atoms with Gasteiger partial charge in [0.1, 0.15) is 0 Å². The van der Waals surface area contributed by atoms with E-state index in [1.165, 1.54) is 40.4 Å². The molecule has 0 spiro atoms. The maximum absolute atomic E-state index is 12.4. The summed E-state index contributed by atoms with van der Waals surface area (Å²) in [5, 5.41) is 13.9. The lowest BCUT2D eigenvalue weighted by Gasteiger charge is -2.16. The van der Waals surface area contributed by atoms with Crippen molar-refractivity contribution in [3.63, 3.8) is 0 Å². The van der Waals surface area contributed by atoms with Gasteiger partial charge in [-0.25, -0.2) is 4.79 Å². The number of anilines is 1. The number of nitro benzene ring substituents is 1. The number of carbonyl (C=O) groups is 2. The van der Waals surface area contributed by atoms with Crippen LogP contribution < -0.4 is 19.5 Å². The molecule has 10 nitrogen and oxygen atoms in total. The Morgan fingerprint density at radius 1 is 1.00 bits per heavy atom. The average Bonchev–Trinajstić information content (AvgIpc) is 2.72. The quantitative estimate of drug-likeness (QED) is 0.404. The summed E-state index contributed by atoms with van der Waals surface area (Å²) < 4.78 is 20.3. The number of esters is 1. The van der Waals surface area contributed by atoms with Crippen LogP contribution >= 0.6 is 0 Å². The van der Waals surface area contributed by atoms with E-state index in [-0.39, 0.29) is 11.3 Å². The van der Waals surface area contributed by atoms with E-state index in [1.807, 2.05) is 0 Å². The van der Waals surface area contributed by atoms with Crippen LogP contribution in [-0.2, 0) is 9.53 Å². The lowest BCUT2D eigenvalue weighted by atomic mass is 10.2. The van der Waals surface area contributed by atoms with E-state index in [0.717, 1.165) is 6.07 Å². The van der Waals surface area contributed by atoms with Gasteiger partial charge in [0.15, 0.2) is 23.4 Å². The maximum atomic E-state index is 12.4. The summed E-state index contributed by atoms with van der Waals surface area (Å²) in [6, 6.07) is 8.38. The van der Waals surface area contributed by atoms with Crippen LogP contribution in [0, 0.1) is 10.1 Å². The molecule has 0 aliphatic rings. The Balaban J connectivity index is 2.17. The van der Waals surface area contributed by atoms with E-state index >= 15 is 0 Å². The zero-order chi connectivity index (χ0) is 21.6. The van der Waals surface area contributed by atoms with Crippen molar-refractivity contribution in [2.75, 3.05) is 26.6 Å². The van der Waals surface area contributed by atoms with Crippen molar-refractivity contribution >= 4 is 23.3 Å². The van der Waals surface area contributed by atoms with Crippen LogP contribution in [0.5, 0.6) is 17.2 Å². The minimum Gasteiger partial charge on any atom is -0.493 e. The number of carbonyl (C=O) groups excluding carboxylic acids is 2. The lowest BCUT2D eigenvalue weighted by Crippen LogP contribution is -2.30. The first-order valence-electron chi connectivity index (χ1n) is 8.37. The molecule has 154 valence electrons. The zero-order valence-electron chi connectivity index (χ0n) is 16.3. The SMILES string of the molecule is COC(=O)c1ccc(O[C@@H](C)C(=O)Nc2ccc(OC)c(OC)c2)c([N+](=O)[O-])c1. The van der Waals surface area contributed by atoms with E-state index in [9.17, 15) is 19.7 Å². The highest BCUT2D eigenvalue weighted by atomic mass is 16.6. The summed E-state index contributed by atoms with van der Waals surface area (Å²) in [6.07, 6.45) is -1.06. The third kappa shape index (κ3) is 5.12. The molecule has 1 N–H and O–H groups in total. The molecule has 1 amide bonds. The standard InChI is InChI=1S/C19H20N2O8/c1-11(18(22)20-13-6-8-16(26-2)17(10-13)27-3)29-15-7-5-12(19(23)28-4)9-14(15)21(24)25/h5-11H,1-4H3,(H,20,22)/t11-/m0/s1. The second-order valence-electron chi connectivity index (χ2n) is 5.75. The molecule has 2 rings (SSSR count). The molecule has 0 heterocycles. The van der Waals surface area contributed by atoms with Gasteiger partial charge < -0.3 is 24.3 Å². The molecule has 0 saturated heterocycles. The van der Waals surface area contributed by atoms with Crippen molar-refractivity contribution in [2.45, 2.75) is 13.0 Å². The molecule has 10 heteroatoms. The molecule has 0 unspecified atom stereocenters. The van der Waals surface area contributed by atoms with Gasteiger partial charge >= 0.3 is 11.7 Å². The van der Waals surface area contributed by atoms with E-state index in [2.05, 4.69) is 10.1 Å². The van der Waals surface area contributed by atoms with Crippen LogP contribution in [0.2, 0.25) is 0 Å². The molecule has 2 aromatic rings. The van der Waals surface area contributed by atoms with Crippen molar-refractivity contribution in [2.24, 2.45) is 0 Å². The summed E-state index contributed by atoms with van der Waals surface area (Å²) in [5.41, 5.74) is -0.0358. The topological polar surface area (TPSA) is 126 Å². The highest BCUT2D eigenvalue weighted by molar-refractivity contribution is 5.94. The van der Waals surface area contributed by atoms with Gasteiger partial charge in [0.25, 0.3) is 5.91 Å². The maximum Gasteiger partial charge on any atom is 0.338 e. The summed E-state index contributed by atoms with van der Waals surface area (Å²) in [7, 11) is 4.12. The smallest absolute Gasteiger partial charge is 0.338 e. The van der Waals surface area contributed by atoms with Gasteiger partial charge in [0.2, 0.25) is 0 Å². The first-order chi connectivity index (χ1) is 13.8. The van der Waals surface area contributed by atoms with Crippen LogP contribution in [0.25, 0.3) is 0 Å². The van der Waals surface area contributed by atoms with Crippen molar-refractivity contribution < 1.29 is 33.5 Å². The average molecular weight is 404 g/mol. The molecule has 0 saturated carbocycles. The molecule has 2 aromatic carbocycles. The molecular weight excluding hydrogens is 384 g/mol. The molecule has 0 aromatic heterocycles. The first-order valence-corrected chi connectivity index (χ1v) is 8.37. The molecule has 29 heavy (non-hydrogen) atoms. The Bertz CT molecular complexity index is 928. The molecule has 0 radical (unpaired) electrons. The number of rotatable bonds is 8. The number of nitro groups is 1. The highest BCUT2D eigenvalue weighted by Crippen LogP contribution is 2.31. The number of nitrogens with zero attached hydrogens (tertiary/aromatic N) is 1. The molecule has 0 aliphatic carbocycles. The molecule has 1 atom stereocenters. The zero-order valence-corrected chi connectivity index (χ0v) is 16.3. The molecule has 0 fully saturated rings. The van der Waals surface area contributed by atoms with Gasteiger partial charge in [-0.2, -0.15) is 0 Å². The second kappa shape index (κ2) is 9.40. The normalized spacial score (nSPS) is 11.2. The van der Waals surface area contributed by atoms with Crippen molar-refractivity contribution in [1.29, 1.82) is 0 Å². The van der Waals surface area contributed by atoms with Gasteiger partial charge in [-0.15, -0.1) is 0 Å².